The molecule has 136 valence electrons. The minimum absolute atomic E-state index is 0.190. The molecule has 1 aliphatic rings. The molecule has 0 aliphatic carbocycles. The summed E-state index contributed by atoms with van der Waals surface area (Å²) in [4.78, 5) is 16.7. The van der Waals surface area contributed by atoms with Crippen molar-refractivity contribution < 1.29 is 14.3 Å². The van der Waals surface area contributed by atoms with Gasteiger partial charge in [0.25, 0.3) is 5.91 Å². The number of rotatable bonds is 5. The maximum Gasteiger partial charge on any atom is 0.257 e. The molecule has 0 radical (unpaired) electrons. The monoisotopic (exact) mass is 381 g/mol. The zero-order valence-corrected chi connectivity index (χ0v) is 15.0. The molecule has 0 atom stereocenters. The van der Waals surface area contributed by atoms with Crippen molar-refractivity contribution in [2.45, 2.75) is 6.54 Å². The number of benzene rings is 2. The molecule has 0 saturated carbocycles. The number of nitrogens with one attached hydrogen (secondary N) is 2. The number of halogens is 1. The van der Waals surface area contributed by atoms with Crippen molar-refractivity contribution in [3.8, 4) is 11.5 Å². The molecule has 4 rings (SSSR count). The number of pyridine rings is 1. The van der Waals surface area contributed by atoms with Crippen molar-refractivity contribution in [3.63, 3.8) is 0 Å². The summed E-state index contributed by atoms with van der Waals surface area (Å²) in [5.74, 6) is 1.02. The third-order valence-corrected chi connectivity index (χ3v) is 4.44. The molecule has 1 amide bonds. The van der Waals surface area contributed by atoms with E-state index in [0.717, 1.165) is 11.3 Å². The van der Waals surface area contributed by atoms with E-state index in [2.05, 4.69) is 15.6 Å². The van der Waals surface area contributed by atoms with Crippen LogP contribution < -0.4 is 20.1 Å². The van der Waals surface area contributed by atoms with Crippen LogP contribution in [-0.4, -0.2) is 17.7 Å². The van der Waals surface area contributed by atoms with Gasteiger partial charge in [-0.1, -0.05) is 29.8 Å². The van der Waals surface area contributed by atoms with Crippen molar-refractivity contribution in [2.24, 2.45) is 0 Å². The van der Waals surface area contributed by atoms with Gasteiger partial charge in [0, 0.05) is 35.7 Å². The minimum Gasteiger partial charge on any atom is -0.454 e. The van der Waals surface area contributed by atoms with Gasteiger partial charge in [-0.2, -0.15) is 0 Å². The highest BCUT2D eigenvalue weighted by atomic mass is 35.5. The maximum atomic E-state index is 12.5. The van der Waals surface area contributed by atoms with Gasteiger partial charge in [0.05, 0.1) is 11.3 Å². The van der Waals surface area contributed by atoms with Crippen molar-refractivity contribution in [2.75, 3.05) is 17.4 Å². The summed E-state index contributed by atoms with van der Waals surface area (Å²) in [6.07, 6.45) is 3.18. The highest BCUT2D eigenvalue weighted by Gasteiger charge is 2.15. The predicted octanol–water partition coefficient (Wildman–Crippen LogP) is 4.33. The van der Waals surface area contributed by atoms with Crippen LogP contribution >= 0.6 is 11.6 Å². The third kappa shape index (κ3) is 3.96. The van der Waals surface area contributed by atoms with Crippen molar-refractivity contribution in [3.05, 3.63) is 77.1 Å². The largest absolute Gasteiger partial charge is 0.454 e. The number of hydrogen-bond acceptors (Lipinski definition) is 5. The fourth-order valence-electron chi connectivity index (χ4n) is 2.68. The summed E-state index contributed by atoms with van der Waals surface area (Å²) >= 11 is 6.16. The first kappa shape index (κ1) is 17.2. The molecule has 3 aromatic rings. The second-order valence-electron chi connectivity index (χ2n) is 5.93. The fourth-order valence-corrected chi connectivity index (χ4v) is 2.88. The molecule has 0 saturated heterocycles. The van der Waals surface area contributed by atoms with Gasteiger partial charge in [-0.15, -0.1) is 0 Å². The lowest BCUT2D eigenvalue weighted by Crippen LogP contribution is -2.12. The van der Waals surface area contributed by atoms with Gasteiger partial charge in [0.2, 0.25) is 6.79 Å². The Balaban J connectivity index is 1.44. The highest BCUT2D eigenvalue weighted by Crippen LogP contribution is 2.34. The molecule has 2 heterocycles. The summed E-state index contributed by atoms with van der Waals surface area (Å²) in [5.41, 5.74) is 2.76. The average molecular weight is 382 g/mol. The molecule has 0 bridgehead atoms. The summed E-state index contributed by atoms with van der Waals surface area (Å²) in [5, 5.41) is 6.76. The zero-order chi connectivity index (χ0) is 18.6. The SMILES string of the molecule is O=C(Nc1ccc2c(c1)OCO2)c1cncc(NCc2ccccc2Cl)c1. The van der Waals surface area contributed by atoms with Crippen LogP contribution in [0.25, 0.3) is 0 Å². The Morgan fingerprint density at radius 2 is 1.89 bits per heavy atom. The van der Waals surface area contributed by atoms with Crippen LogP contribution in [0.15, 0.2) is 60.9 Å². The number of amides is 1. The fraction of sp³-hybridized carbons (Fsp3) is 0.100. The van der Waals surface area contributed by atoms with E-state index >= 15 is 0 Å². The van der Waals surface area contributed by atoms with Crippen LogP contribution in [0.1, 0.15) is 15.9 Å². The molecule has 0 spiro atoms. The van der Waals surface area contributed by atoms with E-state index in [1.165, 1.54) is 6.20 Å². The van der Waals surface area contributed by atoms with Crippen molar-refractivity contribution in [1.82, 2.24) is 4.98 Å². The molecule has 2 N–H and O–H groups in total. The quantitative estimate of drug-likeness (QED) is 0.688. The van der Waals surface area contributed by atoms with Crippen LogP contribution in [-0.2, 0) is 6.54 Å². The van der Waals surface area contributed by atoms with Crippen LogP contribution in [0.3, 0.4) is 0 Å². The highest BCUT2D eigenvalue weighted by molar-refractivity contribution is 6.31. The maximum absolute atomic E-state index is 12.5. The molecular weight excluding hydrogens is 366 g/mol. The second kappa shape index (κ2) is 7.55. The van der Waals surface area contributed by atoms with Gasteiger partial charge >= 0.3 is 0 Å². The van der Waals surface area contributed by atoms with Crippen LogP contribution in [0.2, 0.25) is 5.02 Å². The van der Waals surface area contributed by atoms with E-state index in [-0.39, 0.29) is 12.7 Å². The van der Waals surface area contributed by atoms with Gasteiger partial charge in [-0.05, 0) is 29.8 Å². The lowest BCUT2D eigenvalue weighted by Gasteiger charge is -2.10. The Bertz CT molecular complexity index is 994. The van der Waals surface area contributed by atoms with Crippen molar-refractivity contribution >= 4 is 28.9 Å². The first-order chi connectivity index (χ1) is 13.2. The predicted molar refractivity (Wildman–Crippen MR) is 104 cm³/mol. The molecule has 0 fully saturated rings. The normalized spacial score (nSPS) is 11.9. The van der Waals surface area contributed by atoms with E-state index in [4.69, 9.17) is 21.1 Å². The van der Waals surface area contributed by atoms with E-state index < -0.39 is 0 Å². The molecular formula is C20H16ClN3O3. The lowest BCUT2D eigenvalue weighted by atomic mass is 10.2. The second-order valence-corrected chi connectivity index (χ2v) is 6.34. The number of anilines is 2. The molecule has 27 heavy (non-hydrogen) atoms. The van der Waals surface area contributed by atoms with Crippen LogP contribution in [0, 0.1) is 0 Å². The number of aromatic nitrogens is 1. The van der Waals surface area contributed by atoms with E-state index in [1.807, 2.05) is 24.3 Å². The van der Waals surface area contributed by atoms with Gasteiger partial charge in [-0.3, -0.25) is 9.78 Å². The molecule has 7 heteroatoms. The standard InChI is InChI=1S/C20H16ClN3O3/c21-17-4-2-1-3-13(17)10-23-16-7-14(9-22-11-16)20(25)24-15-5-6-18-19(8-15)27-12-26-18/h1-9,11,23H,10,12H2,(H,24,25). The van der Waals surface area contributed by atoms with E-state index in [9.17, 15) is 4.79 Å². The van der Waals surface area contributed by atoms with E-state index in [0.29, 0.717) is 34.3 Å². The number of ether oxygens (including phenoxy) is 2. The topological polar surface area (TPSA) is 72.5 Å². The Morgan fingerprint density at radius 1 is 1.04 bits per heavy atom. The van der Waals surface area contributed by atoms with Crippen molar-refractivity contribution in [1.29, 1.82) is 0 Å². The van der Waals surface area contributed by atoms with Gasteiger partial charge in [0.1, 0.15) is 0 Å². The summed E-state index contributed by atoms with van der Waals surface area (Å²) in [6, 6.07) is 14.6. The van der Waals surface area contributed by atoms with Crippen LogP contribution in [0.4, 0.5) is 11.4 Å². The number of carbonyl (C=O) groups is 1. The molecule has 6 nitrogen and oxygen atoms in total. The smallest absolute Gasteiger partial charge is 0.257 e. The average Bonchev–Trinajstić information content (AvgIpc) is 3.15. The Morgan fingerprint density at radius 3 is 2.78 bits per heavy atom. The lowest BCUT2D eigenvalue weighted by molar-refractivity contribution is 0.102. The summed E-state index contributed by atoms with van der Waals surface area (Å²) < 4.78 is 10.6. The van der Waals surface area contributed by atoms with Gasteiger partial charge in [-0.25, -0.2) is 0 Å². The molecule has 1 aliphatic heterocycles. The molecule has 1 aromatic heterocycles. The van der Waals surface area contributed by atoms with Gasteiger partial charge in [0.15, 0.2) is 11.5 Å². The minimum atomic E-state index is -0.261. The zero-order valence-electron chi connectivity index (χ0n) is 14.2. The first-order valence-electron chi connectivity index (χ1n) is 8.32. The third-order valence-electron chi connectivity index (χ3n) is 4.07. The Kier molecular flexibility index (Phi) is 4.80. The number of hydrogen-bond donors (Lipinski definition) is 2. The Labute approximate surface area is 161 Å². The molecule has 2 aromatic carbocycles. The van der Waals surface area contributed by atoms with Gasteiger partial charge < -0.3 is 20.1 Å². The number of carbonyl (C=O) groups excluding carboxylic acids is 1. The number of fused-ring (bicyclic) bond motifs is 1. The summed E-state index contributed by atoms with van der Waals surface area (Å²) in [7, 11) is 0. The summed E-state index contributed by atoms with van der Waals surface area (Å²) in [6.45, 7) is 0.727. The Hall–Kier alpha value is -3.25. The molecule has 0 unspecified atom stereocenters. The number of nitrogens with zero attached hydrogens (tertiary/aromatic N) is 1. The van der Waals surface area contributed by atoms with Crippen LogP contribution in [0.5, 0.6) is 11.5 Å². The first-order valence-corrected chi connectivity index (χ1v) is 8.70. The van der Waals surface area contributed by atoms with E-state index in [1.54, 1.807) is 30.5 Å².